The third kappa shape index (κ3) is 4.42. The number of hydrogen-bond donors (Lipinski definition) is 1. The van der Waals surface area contributed by atoms with Crippen molar-refractivity contribution >= 4 is 23.4 Å². The fourth-order valence-electron chi connectivity index (χ4n) is 1.06. The van der Waals surface area contributed by atoms with Crippen LogP contribution in [0, 0.1) is 10.1 Å². The maximum Gasteiger partial charge on any atom is 0.404 e. The smallest absolute Gasteiger partial charge is 0.404 e. The van der Waals surface area contributed by atoms with Gasteiger partial charge in [0.05, 0.1) is 18.1 Å². The molecular formula is C9H10ClN3O5. The topological polar surface area (TPSA) is 118 Å². The van der Waals surface area contributed by atoms with Gasteiger partial charge in [-0.05, 0) is 6.07 Å². The number of carbonyl (C=O) groups is 1. The fraction of sp³-hybridized carbons (Fsp3) is 0.333. The Morgan fingerprint density at radius 1 is 1.50 bits per heavy atom. The third-order valence-corrected chi connectivity index (χ3v) is 1.99. The number of carbonyl (C=O) groups excluding carboxylic acids is 1. The van der Waals surface area contributed by atoms with Crippen LogP contribution >= 0.6 is 11.6 Å². The third-order valence-electron chi connectivity index (χ3n) is 1.77. The van der Waals surface area contributed by atoms with Gasteiger partial charge in [0.15, 0.2) is 0 Å². The van der Waals surface area contributed by atoms with Crippen molar-refractivity contribution in [3.8, 4) is 5.88 Å². The molecule has 1 amide bonds. The molecule has 0 aromatic carbocycles. The Kier molecular flexibility index (Phi) is 5.12. The molecule has 1 aromatic heterocycles. The lowest BCUT2D eigenvalue weighted by Gasteiger charge is -2.05. The van der Waals surface area contributed by atoms with Gasteiger partial charge in [-0.1, -0.05) is 11.6 Å². The lowest BCUT2D eigenvalue weighted by molar-refractivity contribution is -0.386. The molecule has 1 heterocycles. The number of aromatic nitrogens is 1. The van der Waals surface area contributed by atoms with Crippen LogP contribution in [-0.2, 0) is 4.74 Å². The van der Waals surface area contributed by atoms with Crippen molar-refractivity contribution in [3.05, 3.63) is 27.4 Å². The molecule has 0 saturated carbocycles. The summed E-state index contributed by atoms with van der Waals surface area (Å²) in [5.41, 5.74) is 4.47. The number of halogens is 1. The number of nitrogens with zero attached hydrogens (tertiary/aromatic N) is 2. The van der Waals surface area contributed by atoms with Crippen molar-refractivity contribution in [2.24, 2.45) is 5.73 Å². The van der Waals surface area contributed by atoms with Crippen LogP contribution in [0.2, 0.25) is 5.15 Å². The number of pyridine rings is 1. The summed E-state index contributed by atoms with van der Waals surface area (Å²) in [6.07, 6.45) is -0.559. The van der Waals surface area contributed by atoms with Crippen molar-refractivity contribution < 1.29 is 19.2 Å². The van der Waals surface area contributed by atoms with Gasteiger partial charge in [-0.3, -0.25) is 10.1 Å². The SMILES string of the molecule is NC(=O)OCCCOc1nc(Cl)ccc1[N+](=O)[O-]. The van der Waals surface area contributed by atoms with E-state index < -0.39 is 11.0 Å². The standard InChI is InChI=1S/C9H10ClN3O5/c10-7-3-2-6(13(15)16)8(12-7)17-4-1-5-18-9(11)14/h2-3H,1,4-5H2,(H2,11,14). The van der Waals surface area contributed by atoms with Crippen molar-refractivity contribution in [2.75, 3.05) is 13.2 Å². The van der Waals surface area contributed by atoms with Crippen molar-refractivity contribution in [3.63, 3.8) is 0 Å². The summed E-state index contributed by atoms with van der Waals surface area (Å²) >= 11 is 5.60. The van der Waals surface area contributed by atoms with Gasteiger partial charge in [0.2, 0.25) is 0 Å². The van der Waals surface area contributed by atoms with Crippen LogP contribution in [0.4, 0.5) is 10.5 Å². The predicted molar refractivity (Wildman–Crippen MR) is 61.5 cm³/mol. The molecule has 9 heteroatoms. The summed E-state index contributed by atoms with van der Waals surface area (Å²) in [6.45, 7) is 0.144. The number of primary amides is 1. The number of nitro groups is 1. The fourth-order valence-corrected chi connectivity index (χ4v) is 1.20. The Hall–Kier alpha value is -2.09. The Balaban J connectivity index is 2.53. The zero-order valence-corrected chi connectivity index (χ0v) is 9.92. The van der Waals surface area contributed by atoms with E-state index in [4.69, 9.17) is 22.1 Å². The van der Waals surface area contributed by atoms with E-state index in [1.807, 2.05) is 0 Å². The molecule has 0 aliphatic rings. The number of amides is 1. The Labute approximate surface area is 107 Å². The van der Waals surface area contributed by atoms with E-state index in [9.17, 15) is 14.9 Å². The normalized spacial score (nSPS) is 9.83. The molecule has 0 atom stereocenters. The minimum absolute atomic E-state index is 0.0592. The van der Waals surface area contributed by atoms with Gasteiger partial charge in [-0.2, -0.15) is 4.98 Å². The number of rotatable bonds is 6. The molecule has 0 aliphatic heterocycles. The summed E-state index contributed by atoms with van der Waals surface area (Å²) in [5.74, 6) is -0.174. The van der Waals surface area contributed by atoms with Gasteiger partial charge in [0.1, 0.15) is 5.15 Å². The summed E-state index contributed by atoms with van der Waals surface area (Å²) in [7, 11) is 0. The molecule has 0 unspecified atom stereocenters. The second-order valence-corrected chi connectivity index (χ2v) is 3.47. The highest BCUT2D eigenvalue weighted by atomic mass is 35.5. The first-order valence-electron chi connectivity index (χ1n) is 4.86. The van der Waals surface area contributed by atoms with E-state index in [0.717, 1.165) is 0 Å². The second-order valence-electron chi connectivity index (χ2n) is 3.08. The van der Waals surface area contributed by atoms with Crippen molar-refractivity contribution in [1.82, 2.24) is 4.98 Å². The van der Waals surface area contributed by atoms with Crippen LogP contribution in [-0.4, -0.2) is 29.2 Å². The molecule has 8 nitrogen and oxygen atoms in total. The summed E-state index contributed by atoms with van der Waals surface area (Å²) in [4.78, 5) is 24.0. The highest BCUT2D eigenvalue weighted by Gasteiger charge is 2.17. The van der Waals surface area contributed by atoms with Gasteiger partial charge < -0.3 is 15.2 Å². The van der Waals surface area contributed by atoms with Gasteiger partial charge in [0, 0.05) is 12.5 Å². The van der Waals surface area contributed by atoms with Crippen LogP contribution in [0.3, 0.4) is 0 Å². The molecule has 0 fully saturated rings. The van der Waals surface area contributed by atoms with Crippen LogP contribution < -0.4 is 10.5 Å². The first kappa shape index (κ1) is 14.0. The molecule has 1 aromatic rings. The average molecular weight is 276 g/mol. The lowest BCUT2D eigenvalue weighted by Crippen LogP contribution is -2.15. The van der Waals surface area contributed by atoms with Crippen LogP contribution in [0.15, 0.2) is 12.1 Å². The van der Waals surface area contributed by atoms with Gasteiger partial charge in [-0.25, -0.2) is 4.79 Å². The molecule has 0 radical (unpaired) electrons. The monoisotopic (exact) mass is 275 g/mol. The summed E-state index contributed by atoms with van der Waals surface area (Å²) in [5, 5.41) is 10.8. The maximum atomic E-state index is 10.7. The molecule has 2 N–H and O–H groups in total. The van der Waals surface area contributed by atoms with Crippen molar-refractivity contribution in [1.29, 1.82) is 0 Å². The number of ether oxygens (including phenoxy) is 2. The highest BCUT2D eigenvalue weighted by molar-refractivity contribution is 6.29. The molecule has 98 valence electrons. The van der Waals surface area contributed by atoms with E-state index in [-0.39, 0.29) is 29.9 Å². The highest BCUT2D eigenvalue weighted by Crippen LogP contribution is 2.26. The predicted octanol–water partition coefficient (Wildman–Crippen LogP) is 1.51. The van der Waals surface area contributed by atoms with E-state index in [1.165, 1.54) is 12.1 Å². The van der Waals surface area contributed by atoms with E-state index in [1.54, 1.807) is 0 Å². The lowest BCUT2D eigenvalue weighted by atomic mass is 10.4. The van der Waals surface area contributed by atoms with Gasteiger partial charge in [-0.15, -0.1) is 0 Å². The molecule has 1 rings (SSSR count). The van der Waals surface area contributed by atoms with Gasteiger partial charge in [0.25, 0.3) is 5.88 Å². The first-order valence-corrected chi connectivity index (χ1v) is 5.24. The summed E-state index contributed by atoms with van der Waals surface area (Å²) < 4.78 is 9.55. The minimum Gasteiger partial charge on any atom is -0.473 e. The maximum absolute atomic E-state index is 10.7. The molecule has 0 spiro atoms. The van der Waals surface area contributed by atoms with Crippen molar-refractivity contribution in [2.45, 2.75) is 6.42 Å². The minimum atomic E-state index is -0.887. The number of nitrogens with two attached hydrogens (primary N) is 1. The zero-order valence-electron chi connectivity index (χ0n) is 9.17. The van der Waals surface area contributed by atoms with E-state index in [0.29, 0.717) is 6.42 Å². The Bertz CT molecular complexity index is 454. The molecule has 18 heavy (non-hydrogen) atoms. The quantitative estimate of drug-likeness (QED) is 0.364. The van der Waals surface area contributed by atoms with E-state index >= 15 is 0 Å². The molecule has 0 saturated heterocycles. The molecular weight excluding hydrogens is 266 g/mol. The second kappa shape index (κ2) is 6.60. The molecule has 0 bridgehead atoms. The Morgan fingerprint density at radius 3 is 2.83 bits per heavy atom. The van der Waals surface area contributed by atoms with E-state index in [2.05, 4.69) is 9.72 Å². The molecule has 0 aliphatic carbocycles. The van der Waals surface area contributed by atoms with Crippen LogP contribution in [0.25, 0.3) is 0 Å². The average Bonchev–Trinajstić information content (AvgIpc) is 2.27. The number of hydrogen-bond acceptors (Lipinski definition) is 6. The van der Waals surface area contributed by atoms with Crippen LogP contribution in [0.5, 0.6) is 5.88 Å². The Morgan fingerprint density at radius 2 is 2.22 bits per heavy atom. The van der Waals surface area contributed by atoms with Gasteiger partial charge >= 0.3 is 11.8 Å². The first-order chi connectivity index (χ1) is 8.50. The summed E-state index contributed by atoms with van der Waals surface area (Å²) in [6, 6.07) is 2.49. The largest absolute Gasteiger partial charge is 0.473 e. The zero-order chi connectivity index (χ0) is 13.5. The van der Waals surface area contributed by atoms with Crippen LogP contribution in [0.1, 0.15) is 6.42 Å².